The Morgan fingerprint density at radius 2 is 1.84 bits per heavy atom. The number of hydrogen-bond acceptors (Lipinski definition) is 7. The number of nitrogens with zero attached hydrogens (tertiary/aromatic N) is 4. The molecule has 2 aromatic rings. The molecule has 1 aromatic heterocycles. The molecule has 0 unspecified atom stereocenters. The number of carbonyl (C=O) groups excluding carboxylic acids is 1. The third kappa shape index (κ3) is 5.44. The highest BCUT2D eigenvalue weighted by molar-refractivity contribution is 5.68. The molecule has 166 valence electrons. The maximum atomic E-state index is 12.4. The van der Waals surface area contributed by atoms with E-state index in [1.54, 1.807) is 17.2 Å². The molecular formula is C23H30N4O4. The zero-order valence-electron chi connectivity index (χ0n) is 18.4. The van der Waals surface area contributed by atoms with Crippen molar-refractivity contribution < 1.29 is 19.0 Å². The number of hydrogen-bond donors (Lipinski definition) is 0. The first kappa shape index (κ1) is 21.4. The van der Waals surface area contributed by atoms with E-state index in [4.69, 9.17) is 14.2 Å². The van der Waals surface area contributed by atoms with Crippen LogP contribution in [0.2, 0.25) is 0 Å². The second-order valence-corrected chi connectivity index (χ2v) is 9.03. The number of anilines is 1. The van der Waals surface area contributed by atoms with Crippen molar-refractivity contribution in [3.8, 4) is 11.6 Å². The van der Waals surface area contributed by atoms with Gasteiger partial charge in [0.15, 0.2) is 0 Å². The Kier molecular flexibility index (Phi) is 6.00. The van der Waals surface area contributed by atoms with Gasteiger partial charge in [-0.2, -0.15) is 4.98 Å². The average molecular weight is 427 g/mol. The number of morpholine rings is 1. The van der Waals surface area contributed by atoms with Gasteiger partial charge in [0.1, 0.15) is 11.4 Å². The Bertz CT molecular complexity index is 892. The first-order valence-electron chi connectivity index (χ1n) is 10.7. The highest BCUT2D eigenvalue weighted by Crippen LogP contribution is 2.32. The molecule has 0 atom stereocenters. The van der Waals surface area contributed by atoms with E-state index >= 15 is 0 Å². The lowest BCUT2D eigenvalue weighted by atomic mass is 9.89. The van der Waals surface area contributed by atoms with Crippen LogP contribution in [0.3, 0.4) is 0 Å². The fourth-order valence-electron chi connectivity index (χ4n) is 3.89. The number of para-hydroxylation sites is 1. The van der Waals surface area contributed by atoms with Crippen LogP contribution in [0.4, 0.5) is 10.7 Å². The van der Waals surface area contributed by atoms with E-state index in [2.05, 4.69) is 14.9 Å². The lowest BCUT2D eigenvalue weighted by molar-refractivity contribution is -0.0915. The van der Waals surface area contributed by atoms with E-state index in [9.17, 15) is 4.79 Å². The van der Waals surface area contributed by atoms with Crippen LogP contribution < -0.4 is 9.64 Å². The molecule has 8 nitrogen and oxygen atoms in total. The number of aromatic nitrogens is 2. The zero-order valence-corrected chi connectivity index (χ0v) is 18.4. The quantitative estimate of drug-likeness (QED) is 0.737. The molecule has 0 bridgehead atoms. The van der Waals surface area contributed by atoms with Crippen LogP contribution in [-0.4, -0.2) is 64.9 Å². The lowest BCUT2D eigenvalue weighted by Crippen LogP contribution is -2.58. The molecule has 31 heavy (non-hydrogen) atoms. The standard InChI is InChI=1S/C23H30N4O4/c1-22(2,3)31-21(28)26-13-10-23(11-14-26)17-27(15-16-29-23)20-24-12-9-19(25-20)30-18-7-5-4-6-8-18/h4-9,12H,10-11,13-17H2,1-3H3. The van der Waals surface area contributed by atoms with E-state index in [1.165, 1.54) is 0 Å². The van der Waals surface area contributed by atoms with Crippen molar-refractivity contribution in [2.75, 3.05) is 37.7 Å². The second kappa shape index (κ2) is 8.70. The van der Waals surface area contributed by atoms with Crippen molar-refractivity contribution in [1.82, 2.24) is 14.9 Å². The summed E-state index contributed by atoms with van der Waals surface area (Å²) in [5.74, 6) is 1.88. The molecule has 3 heterocycles. The molecule has 0 radical (unpaired) electrons. The molecule has 1 aromatic carbocycles. The van der Waals surface area contributed by atoms with E-state index in [0.717, 1.165) is 18.6 Å². The van der Waals surface area contributed by atoms with Crippen molar-refractivity contribution >= 4 is 12.0 Å². The fourth-order valence-corrected chi connectivity index (χ4v) is 3.89. The summed E-state index contributed by atoms with van der Waals surface area (Å²) in [5, 5.41) is 0. The Morgan fingerprint density at radius 3 is 2.55 bits per heavy atom. The number of ether oxygens (including phenoxy) is 3. The fraction of sp³-hybridized carbons (Fsp3) is 0.522. The number of likely N-dealkylation sites (tertiary alicyclic amines) is 1. The summed E-state index contributed by atoms with van der Waals surface area (Å²) in [7, 11) is 0. The number of rotatable bonds is 3. The van der Waals surface area contributed by atoms with Gasteiger partial charge in [0.05, 0.1) is 18.8 Å². The lowest BCUT2D eigenvalue weighted by Gasteiger charge is -2.47. The Balaban J connectivity index is 1.39. The molecular weight excluding hydrogens is 396 g/mol. The molecule has 1 spiro atoms. The van der Waals surface area contributed by atoms with Crippen molar-refractivity contribution in [2.45, 2.75) is 44.8 Å². The first-order chi connectivity index (χ1) is 14.8. The first-order valence-corrected chi connectivity index (χ1v) is 10.7. The topological polar surface area (TPSA) is 77.0 Å². The van der Waals surface area contributed by atoms with E-state index in [0.29, 0.717) is 44.6 Å². The minimum Gasteiger partial charge on any atom is -0.444 e. The summed E-state index contributed by atoms with van der Waals surface area (Å²) >= 11 is 0. The van der Waals surface area contributed by atoms with Crippen LogP contribution in [0.15, 0.2) is 42.6 Å². The predicted molar refractivity (Wildman–Crippen MR) is 116 cm³/mol. The molecule has 2 aliphatic rings. The van der Waals surface area contributed by atoms with Crippen LogP contribution in [-0.2, 0) is 9.47 Å². The average Bonchev–Trinajstić information content (AvgIpc) is 2.74. The maximum Gasteiger partial charge on any atom is 0.410 e. The molecule has 2 saturated heterocycles. The number of carbonyl (C=O) groups is 1. The van der Waals surface area contributed by atoms with Crippen LogP contribution in [0.25, 0.3) is 0 Å². The Morgan fingerprint density at radius 1 is 1.10 bits per heavy atom. The van der Waals surface area contributed by atoms with Gasteiger partial charge in [0, 0.05) is 31.9 Å². The van der Waals surface area contributed by atoms with Crippen molar-refractivity contribution in [2.24, 2.45) is 0 Å². The van der Waals surface area contributed by atoms with Crippen molar-refractivity contribution in [3.63, 3.8) is 0 Å². The predicted octanol–water partition coefficient (Wildman–Crippen LogP) is 3.88. The van der Waals surface area contributed by atoms with Gasteiger partial charge in [-0.25, -0.2) is 9.78 Å². The molecule has 8 heteroatoms. The third-order valence-corrected chi connectivity index (χ3v) is 5.44. The van der Waals surface area contributed by atoms with Crippen LogP contribution >= 0.6 is 0 Å². The largest absolute Gasteiger partial charge is 0.444 e. The van der Waals surface area contributed by atoms with Gasteiger partial charge in [-0.05, 0) is 45.7 Å². The van der Waals surface area contributed by atoms with Gasteiger partial charge in [0.2, 0.25) is 11.8 Å². The van der Waals surface area contributed by atoms with E-state index in [-0.39, 0.29) is 11.7 Å². The minimum absolute atomic E-state index is 0.260. The third-order valence-electron chi connectivity index (χ3n) is 5.44. The summed E-state index contributed by atoms with van der Waals surface area (Å²) in [6.45, 7) is 8.87. The van der Waals surface area contributed by atoms with Gasteiger partial charge in [-0.15, -0.1) is 0 Å². The number of piperidine rings is 1. The molecule has 4 rings (SSSR count). The molecule has 0 saturated carbocycles. The molecule has 0 aliphatic carbocycles. The van der Waals surface area contributed by atoms with Crippen LogP contribution in [0.5, 0.6) is 11.6 Å². The van der Waals surface area contributed by atoms with Gasteiger partial charge in [-0.3, -0.25) is 0 Å². The minimum atomic E-state index is -0.492. The van der Waals surface area contributed by atoms with Crippen molar-refractivity contribution in [3.05, 3.63) is 42.6 Å². The summed E-state index contributed by atoms with van der Waals surface area (Å²) in [6, 6.07) is 11.3. The summed E-state index contributed by atoms with van der Waals surface area (Å²) in [4.78, 5) is 25.4. The number of amides is 1. The summed E-state index contributed by atoms with van der Waals surface area (Å²) in [6.07, 6.45) is 2.96. The van der Waals surface area contributed by atoms with Gasteiger partial charge < -0.3 is 24.0 Å². The highest BCUT2D eigenvalue weighted by atomic mass is 16.6. The van der Waals surface area contributed by atoms with E-state index in [1.807, 2.05) is 51.1 Å². The molecule has 2 aliphatic heterocycles. The van der Waals surface area contributed by atoms with Crippen molar-refractivity contribution in [1.29, 1.82) is 0 Å². The normalized spacial score (nSPS) is 18.7. The molecule has 0 N–H and O–H groups in total. The van der Waals surface area contributed by atoms with Crippen LogP contribution in [0.1, 0.15) is 33.6 Å². The second-order valence-electron chi connectivity index (χ2n) is 9.03. The SMILES string of the molecule is CC(C)(C)OC(=O)N1CCC2(CC1)CN(c1nccc(Oc3ccccc3)n1)CCO2. The maximum absolute atomic E-state index is 12.4. The van der Waals surface area contributed by atoms with Crippen LogP contribution in [0, 0.1) is 0 Å². The van der Waals surface area contributed by atoms with Gasteiger partial charge >= 0.3 is 6.09 Å². The zero-order chi connectivity index (χ0) is 21.9. The smallest absolute Gasteiger partial charge is 0.410 e. The Labute approximate surface area is 183 Å². The highest BCUT2D eigenvalue weighted by Gasteiger charge is 2.42. The van der Waals surface area contributed by atoms with Gasteiger partial charge in [0.25, 0.3) is 0 Å². The number of benzene rings is 1. The molecule has 2 fully saturated rings. The molecule has 1 amide bonds. The monoisotopic (exact) mass is 426 g/mol. The Hall–Kier alpha value is -2.87. The summed E-state index contributed by atoms with van der Waals surface area (Å²) < 4.78 is 17.6. The summed E-state index contributed by atoms with van der Waals surface area (Å²) in [5.41, 5.74) is -0.801. The van der Waals surface area contributed by atoms with Gasteiger partial charge in [-0.1, -0.05) is 18.2 Å². The van der Waals surface area contributed by atoms with E-state index < -0.39 is 5.60 Å².